The molecule has 0 aliphatic carbocycles. The molecule has 0 bridgehead atoms. The molecule has 0 atom stereocenters. The zero-order valence-corrected chi connectivity index (χ0v) is 16.9. The lowest BCUT2D eigenvalue weighted by Gasteiger charge is -2.18. The zero-order valence-electron chi connectivity index (χ0n) is 16.9. The molecule has 2 aromatic carbocycles. The van der Waals surface area contributed by atoms with Crippen LogP contribution in [-0.2, 0) is 13.1 Å². The van der Waals surface area contributed by atoms with Crippen molar-refractivity contribution in [1.29, 1.82) is 0 Å². The van der Waals surface area contributed by atoms with E-state index in [9.17, 15) is 4.39 Å². The molecule has 3 nitrogen and oxygen atoms in total. The Hall–Kier alpha value is -2.77. The number of halogens is 1. The summed E-state index contributed by atoms with van der Waals surface area (Å²) in [4.78, 5) is 2.42. The van der Waals surface area contributed by atoms with Crippen LogP contribution in [0.1, 0.15) is 32.0 Å². The lowest BCUT2D eigenvalue weighted by molar-refractivity contribution is 0.296. The number of hydrogen-bond donors (Lipinski definition) is 1. The minimum Gasteiger partial charge on any atom is -0.374 e. The number of aryl methyl sites for hydroxylation is 1. The normalized spacial score (nSPS) is 10.9. The van der Waals surface area contributed by atoms with E-state index in [1.165, 1.54) is 28.6 Å². The molecule has 1 N–H and O–H groups in total. The zero-order chi connectivity index (χ0) is 19.9. The lowest BCUT2D eigenvalue weighted by atomic mass is 10.1. The van der Waals surface area contributed by atoms with Crippen LogP contribution in [0.2, 0.25) is 0 Å². The SMILES string of the molecule is CCN(CC)Cc1ccc2c(c1)cc(C#CCNc1ccc(F)cc1)n2CC. The van der Waals surface area contributed by atoms with E-state index >= 15 is 0 Å². The van der Waals surface area contributed by atoms with Crippen molar-refractivity contribution >= 4 is 16.6 Å². The molecule has 0 unspecified atom stereocenters. The molecule has 0 aliphatic rings. The Morgan fingerprint density at radius 1 is 1.00 bits per heavy atom. The van der Waals surface area contributed by atoms with Gasteiger partial charge in [-0.3, -0.25) is 4.90 Å². The van der Waals surface area contributed by atoms with Crippen LogP contribution in [0.25, 0.3) is 10.9 Å². The van der Waals surface area contributed by atoms with E-state index in [0.29, 0.717) is 6.54 Å². The third kappa shape index (κ3) is 4.74. The van der Waals surface area contributed by atoms with Crippen molar-refractivity contribution < 1.29 is 4.39 Å². The molecular formula is C24H28FN3. The van der Waals surface area contributed by atoms with E-state index in [1.807, 2.05) is 0 Å². The van der Waals surface area contributed by atoms with E-state index in [-0.39, 0.29) is 5.82 Å². The summed E-state index contributed by atoms with van der Waals surface area (Å²) in [6.07, 6.45) is 0. The van der Waals surface area contributed by atoms with Gasteiger partial charge in [0.15, 0.2) is 0 Å². The van der Waals surface area contributed by atoms with Crippen molar-refractivity contribution in [2.24, 2.45) is 0 Å². The van der Waals surface area contributed by atoms with Gasteiger partial charge in [0.2, 0.25) is 0 Å². The minimum absolute atomic E-state index is 0.232. The van der Waals surface area contributed by atoms with Crippen LogP contribution in [0.3, 0.4) is 0 Å². The van der Waals surface area contributed by atoms with Crippen LogP contribution in [0.4, 0.5) is 10.1 Å². The molecule has 0 aliphatic heterocycles. The first kappa shape index (κ1) is 20.0. The molecule has 28 heavy (non-hydrogen) atoms. The molecule has 0 radical (unpaired) electrons. The number of benzene rings is 2. The molecule has 4 heteroatoms. The number of hydrogen-bond acceptors (Lipinski definition) is 2. The first-order valence-corrected chi connectivity index (χ1v) is 9.97. The number of fused-ring (bicyclic) bond motifs is 1. The summed E-state index contributed by atoms with van der Waals surface area (Å²) in [6, 6.07) is 15.2. The quantitative estimate of drug-likeness (QED) is 0.578. The maximum Gasteiger partial charge on any atom is 0.123 e. The number of anilines is 1. The number of nitrogens with zero attached hydrogens (tertiary/aromatic N) is 2. The van der Waals surface area contributed by atoms with Gasteiger partial charge in [-0.15, -0.1) is 0 Å². The average Bonchev–Trinajstić information content (AvgIpc) is 3.07. The van der Waals surface area contributed by atoms with E-state index < -0.39 is 0 Å². The van der Waals surface area contributed by atoms with Crippen LogP contribution < -0.4 is 5.32 Å². The fourth-order valence-corrected chi connectivity index (χ4v) is 3.42. The highest BCUT2D eigenvalue weighted by atomic mass is 19.1. The van der Waals surface area contributed by atoms with Crippen molar-refractivity contribution in [2.75, 3.05) is 25.0 Å². The van der Waals surface area contributed by atoms with E-state index in [1.54, 1.807) is 12.1 Å². The Labute approximate surface area is 167 Å². The molecule has 146 valence electrons. The fraction of sp³-hybridized carbons (Fsp3) is 0.333. The smallest absolute Gasteiger partial charge is 0.123 e. The van der Waals surface area contributed by atoms with Crippen molar-refractivity contribution in [2.45, 2.75) is 33.9 Å². The second-order valence-electron chi connectivity index (χ2n) is 6.79. The van der Waals surface area contributed by atoms with E-state index in [2.05, 4.69) is 71.7 Å². The van der Waals surface area contributed by atoms with Gasteiger partial charge in [-0.1, -0.05) is 25.8 Å². The Morgan fingerprint density at radius 3 is 2.43 bits per heavy atom. The summed E-state index contributed by atoms with van der Waals surface area (Å²) < 4.78 is 15.2. The number of aromatic nitrogens is 1. The fourth-order valence-electron chi connectivity index (χ4n) is 3.42. The predicted molar refractivity (Wildman–Crippen MR) is 116 cm³/mol. The molecule has 0 saturated carbocycles. The summed E-state index contributed by atoms with van der Waals surface area (Å²) in [5.41, 5.74) is 4.45. The first-order chi connectivity index (χ1) is 13.6. The third-order valence-corrected chi connectivity index (χ3v) is 5.02. The second-order valence-corrected chi connectivity index (χ2v) is 6.79. The highest BCUT2D eigenvalue weighted by molar-refractivity contribution is 5.83. The van der Waals surface area contributed by atoms with Crippen molar-refractivity contribution in [3.05, 3.63) is 65.6 Å². The van der Waals surface area contributed by atoms with Gasteiger partial charge in [-0.25, -0.2) is 4.39 Å². The standard InChI is InChI=1S/C24H28FN3/c1-4-27(5-2)18-19-9-14-24-20(16-19)17-23(28(24)6-3)8-7-15-26-22-12-10-21(25)11-13-22/h9-14,16-17,26H,4-6,15,18H2,1-3H3. The van der Waals surface area contributed by atoms with Crippen molar-refractivity contribution in [1.82, 2.24) is 9.47 Å². The topological polar surface area (TPSA) is 20.2 Å². The van der Waals surface area contributed by atoms with Gasteiger partial charge >= 0.3 is 0 Å². The molecular weight excluding hydrogens is 349 g/mol. The minimum atomic E-state index is -0.232. The van der Waals surface area contributed by atoms with Crippen molar-refractivity contribution in [3.63, 3.8) is 0 Å². The maximum atomic E-state index is 13.0. The van der Waals surface area contributed by atoms with Gasteiger partial charge in [0.05, 0.1) is 12.2 Å². The summed E-state index contributed by atoms with van der Waals surface area (Å²) in [7, 11) is 0. The predicted octanol–water partition coefficient (Wildman–Crippen LogP) is 5.11. The molecule has 1 heterocycles. The first-order valence-electron chi connectivity index (χ1n) is 9.97. The van der Waals surface area contributed by atoms with Gasteiger partial charge in [-0.2, -0.15) is 0 Å². The van der Waals surface area contributed by atoms with E-state index in [4.69, 9.17) is 0 Å². The highest BCUT2D eigenvalue weighted by Gasteiger charge is 2.08. The van der Waals surface area contributed by atoms with Crippen LogP contribution in [0, 0.1) is 17.7 Å². The molecule has 0 saturated heterocycles. The van der Waals surface area contributed by atoms with Gasteiger partial charge in [0.25, 0.3) is 0 Å². The Morgan fingerprint density at radius 2 is 1.75 bits per heavy atom. The summed E-state index contributed by atoms with van der Waals surface area (Å²) in [5, 5.41) is 4.44. The van der Waals surface area contributed by atoms with Gasteiger partial charge in [0.1, 0.15) is 5.82 Å². The van der Waals surface area contributed by atoms with Crippen LogP contribution in [0.5, 0.6) is 0 Å². The Kier molecular flexibility index (Phi) is 6.73. The number of nitrogens with one attached hydrogen (secondary N) is 1. The van der Waals surface area contributed by atoms with Crippen LogP contribution >= 0.6 is 0 Å². The Bertz CT molecular complexity index is 973. The third-order valence-electron chi connectivity index (χ3n) is 5.02. The number of rotatable bonds is 7. The van der Waals surface area contributed by atoms with Crippen LogP contribution in [-0.4, -0.2) is 29.1 Å². The van der Waals surface area contributed by atoms with Gasteiger partial charge in [-0.05, 0) is 74.0 Å². The molecule has 3 aromatic rings. The second kappa shape index (κ2) is 9.43. The van der Waals surface area contributed by atoms with E-state index in [0.717, 1.165) is 37.6 Å². The van der Waals surface area contributed by atoms with Gasteiger partial charge < -0.3 is 9.88 Å². The van der Waals surface area contributed by atoms with Crippen molar-refractivity contribution in [3.8, 4) is 11.8 Å². The largest absolute Gasteiger partial charge is 0.374 e. The Balaban J connectivity index is 1.76. The maximum absolute atomic E-state index is 13.0. The molecule has 3 rings (SSSR count). The average molecular weight is 378 g/mol. The molecule has 0 amide bonds. The van der Waals surface area contributed by atoms with Crippen LogP contribution in [0.15, 0.2) is 48.5 Å². The summed E-state index contributed by atoms with van der Waals surface area (Å²) in [5.74, 6) is 6.23. The molecule has 0 fully saturated rings. The summed E-state index contributed by atoms with van der Waals surface area (Å²) >= 11 is 0. The molecule has 1 aromatic heterocycles. The highest BCUT2D eigenvalue weighted by Crippen LogP contribution is 2.22. The molecule has 0 spiro atoms. The van der Waals surface area contributed by atoms with Gasteiger partial charge in [0, 0.05) is 29.7 Å². The monoisotopic (exact) mass is 377 g/mol. The lowest BCUT2D eigenvalue weighted by Crippen LogP contribution is -2.21. The summed E-state index contributed by atoms with van der Waals surface area (Å²) in [6.45, 7) is 11.0.